The first-order valence-corrected chi connectivity index (χ1v) is 9.40. The predicted molar refractivity (Wildman–Crippen MR) is 113 cm³/mol. The summed E-state index contributed by atoms with van der Waals surface area (Å²) in [5.41, 5.74) is 3.42. The first-order valence-electron chi connectivity index (χ1n) is 9.02. The van der Waals surface area contributed by atoms with Crippen LogP contribution in [0, 0.1) is 6.92 Å². The Morgan fingerprint density at radius 2 is 1.83 bits per heavy atom. The number of nitrogens with zero attached hydrogens (tertiary/aromatic N) is 4. The van der Waals surface area contributed by atoms with Gasteiger partial charge in [0.25, 0.3) is 5.91 Å². The number of amides is 1. The van der Waals surface area contributed by atoms with Gasteiger partial charge in [-0.3, -0.25) is 4.79 Å². The fourth-order valence-electron chi connectivity index (χ4n) is 3.09. The third-order valence-corrected chi connectivity index (χ3v) is 4.93. The van der Waals surface area contributed by atoms with E-state index in [0.717, 1.165) is 11.1 Å². The lowest BCUT2D eigenvalue weighted by Crippen LogP contribution is -2.19. The lowest BCUT2D eigenvalue weighted by atomic mass is 10.1. The van der Waals surface area contributed by atoms with Crippen molar-refractivity contribution >= 4 is 28.8 Å². The van der Waals surface area contributed by atoms with Crippen molar-refractivity contribution in [2.45, 2.75) is 6.92 Å². The molecule has 0 radical (unpaired) electrons. The van der Waals surface area contributed by atoms with Crippen LogP contribution in [-0.4, -0.2) is 39.9 Å². The van der Waals surface area contributed by atoms with E-state index in [1.54, 1.807) is 55.1 Å². The van der Waals surface area contributed by atoms with Gasteiger partial charge in [-0.2, -0.15) is 5.10 Å². The van der Waals surface area contributed by atoms with Gasteiger partial charge in [0, 0.05) is 16.7 Å². The molecule has 0 fully saturated rings. The summed E-state index contributed by atoms with van der Waals surface area (Å²) in [6, 6.07) is 12.5. The van der Waals surface area contributed by atoms with Crippen LogP contribution in [-0.2, 0) is 0 Å². The number of rotatable bonds is 5. The first kappa shape index (κ1) is 19.7. The Bertz CT molecular complexity index is 1240. The molecule has 152 valence electrons. The highest BCUT2D eigenvalue weighted by Gasteiger charge is 2.19. The highest BCUT2D eigenvalue weighted by atomic mass is 35.5. The zero-order chi connectivity index (χ0) is 21.3. The quantitative estimate of drug-likeness (QED) is 0.521. The minimum atomic E-state index is -0.433. The van der Waals surface area contributed by atoms with E-state index in [1.165, 1.54) is 7.11 Å². The van der Waals surface area contributed by atoms with E-state index in [9.17, 15) is 4.79 Å². The van der Waals surface area contributed by atoms with Crippen LogP contribution in [0.1, 0.15) is 16.2 Å². The number of carbonyl (C=O) groups excluding carboxylic acids is 1. The van der Waals surface area contributed by atoms with Gasteiger partial charge in [-0.25, -0.2) is 4.52 Å². The van der Waals surface area contributed by atoms with Crippen molar-refractivity contribution in [1.82, 2.24) is 19.8 Å². The second kappa shape index (κ2) is 8.00. The zero-order valence-corrected chi connectivity index (χ0v) is 17.3. The smallest absolute Gasteiger partial charge is 0.278 e. The molecular formula is C21H18ClN5O3. The number of halogens is 1. The number of anilines is 1. The van der Waals surface area contributed by atoms with Crippen LogP contribution in [0.2, 0.25) is 5.02 Å². The normalized spacial score (nSPS) is 10.8. The van der Waals surface area contributed by atoms with Crippen molar-refractivity contribution in [3.8, 4) is 22.6 Å². The maximum atomic E-state index is 12.9. The minimum Gasteiger partial charge on any atom is -0.497 e. The van der Waals surface area contributed by atoms with Crippen molar-refractivity contribution in [3.05, 3.63) is 65.1 Å². The Balaban J connectivity index is 1.69. The van der Waals surface area contributed by atoms with Gasteiger partial charge >= 0.3 is 0 Å². The van der Waals surface area contributed by atoms with E-state index in [2.05, 4.69) is 20.6 Å². The summed E-state index contributed by atoms with van der Waals surface area (Å²) >= 11 is 5.97. The van der Waals surface area contributed by atoms with E-state index < -0.39 is 5.91 Å². The SMILES string of the molecule is COc1ccc(OC)c(NC(=O)c2nnc3c(-c4ccc(Cl)cc4)cnn3c2C)c1. The molecule has 0 saturated heterocycles. The predicted octanol–water partition coefficient (Wildman–Crippen LogP) is 4.02. The molecule has 30 heavy (non-hydrogen) atoms. The Morgan fingerprint density at radius 3 is 2.53 bits per heavy atom. The maximum absolute atomic E-state index is 12.9. The highest BCUT2D eigenvalue weighted by Crippen LogP contribution is 2.30. The van der Waals surface area contributed by atoms with Crippen molar-refractivity contribution < 1.29 is 14.3 Å². The lowest BCUT2D eigenvalue weighted by molar-refractivity contribution is 0.101. The Morgan fingerprint density at radius 1 is 1.07 bits per heavy atom. The van der Waals surface area contributed by atoms with Gasteiger partial charge in [-0.15, -0.1) is 10.2 Å². The lowest BCUT2D eigenvalue weighted by Gasteiger charge is -2.12. The second-order valence-corrected chi connectivity index (χ2v) is 6.89. The average Bonchev–Trinajstić information content (AvgIpc) is 3.19. The molecule has 1 amide bonds. The molecular weight excluding hydrogens is 406 g/mol. The molecule has 0 aliphatic rings. The third-order valence-electron chi connectivity index (χ3n) is 4.67. The highest BCUT2D eigenvalue weighted by molar-refractivity contribution is 6.30. The second-order valence-electron chi connectivity index (χ2n) is 6.45. The largest absolute Gasteiger partial charge is 0.497 e. The van der Waals surface area contributed by atoms with Crippen LogP contribution in [0.5, 0.6) is 11.5 Å². The molecule has 8 nitrogen and oxygen atoms in total. The number of fused-ring (bicyclic) bond motifs is 1. The molecule has 9 heteroatoms. The van der Waals surface area contributed by atoms with E-state index in [0.29, 0.717) is 33.6 Å². The summed E-state index contributed by atoms with van der Waals surface area (Å²) in [4.78, 5) is 12.9. The van der Waals surface area contributed by atoms with Crippen LogP contribution < -0.4 is 14.8 Å². The topological polar surface area (TPSA) is 90.6 Å². The standard InChI is InChI=1S/C21H18ClN5O3/c1-12-19(21(28)24-17-10-15(29-2)8-9-18(17)30-3)25-26-20-16(11-23-27(12)20)13-4-6-14(22)7-5-13/h4-11H,1-3H3,(H,24,28). The number of aromatic nitrogens is 4. The van der Waals surface area contributed by atoms with E-state index >= 15 is 0 Å². The molecule has 4 aromatic rings. The van der Waals surface area contributed by atoms with Crippen LogP contribution >= 0.6 is 11.6 Å². The number of nitrogens with one attached hydrogen (secondary N) is 1. The van der Waals surface area contributed by atoms with Crippen molar-refractivity contribution in [3.63, 3.8) is 0 Å². The number of benzene rings is 2. The number of hydrogen-bond donors (Lipinski definition) is 1. The first-order chi connectivity index (χ1) is 14.5. The fraction of sp³-hybridized carbons (Fsp3) is 0.143. The summed E-state index contributed by atoms with van der Waals surface area (Å²) in [6.45, 7) is 1.76. The van der Waals surface area contributed by atoms with Crippen molar-refractivity contribution in [1.29, 1.82) is 0 Å². The van der Waals surface area contributed by atoms with Crippen molar-refractivity contribution in [2.75, 3.05) is 19.5 Å². The van der Waals surface area contributed by atoms with Crippen LogP contribution in [0.15, 0.2) is 48.7 Å². The van der Waals surface area contributed by atoms with Gasteiger partial charge < -0.3 is 14.8 Å². The van der Waals surface area contributed by atoms with Gasteiger partial charge in [0.2, 0.25) is 0 Å². The minimum absolute atomic E-state index is 0.151. The summed E-state index contributed by atoms with van der Waals surface area (Å²) in [6.07, 6.45) is 1.69. The van der Waals surface area contributed by atoms with Gasteiger partial charge in [-0.05, 0) is 36.8 Å². The molecule has 0 aliphatic heterocycles. The third kappa shape index (κ3) is 3.53. The van der Waals surface area contributed by atoms with Crippen LogP contribution in [0.3, 0.4) is 0 Å². The Hall–Kier alpha value is -3.65. The molecule has 2 aromatic heterocycles. The molecule has 0 atom stereocenters. The number of methoxy groups -OCH3 is 2. The van der Waals surface area contributed by atoms with E-state index in [4.69, 9.17) is 21.1 Å². The van der Waals surface area contributed by atoms with Gasteiger partial charge in [0.1, 0.15) is 11.5 Å². The molecule has 2 heterocycles. The number of ether oxygens (including phenoxy) is 2. The monoisotopic (exact) mass is 423 g/mol. The molecule has 0 spiro atoms. The summed E-state index contributed by atoms with van der Waals surface area (Å²) in [7, 11) is 3.07. The average molecular weight is 424 g/mol. The number of hydrogen-bond acceptors (Lipinski definition) is 6. The van der Waals surface area contributed by atoms with Gasteiger partial charge in [0.05, 0.1) is 31.8 Å². The summed E-state index contributed by atoms with van der Waals surface area (Å²) in [5.74, 6) is 0.654. The van der Waals surface area contributed by atoms with Crippen molar-refractivity contribution in [2.24, 2.45) is 0 Å². The summed E-state index contributed by atoms with van der Waals surface area (Å²) in [5, 5.41) is 16.2. The van der Waals surface area contributed by atoms with E-state index in [1.807, 2.05) is 12.1 Å². The zero-order valence-electron chi connectivity index (χ0n) is 16.5. The van der Waals surface area contributed by atoms with Crippen LogP contribution in [0.4, 0.5) is 5.69 Å². The molecule has 0 unspecified atom stereocenters. The number of aryl methyl sites for hydroxylation is 1. The fourth-order valence-corrected chi connectivity index (χ4v) is 3.22. The van der Waals surface area contributed by atoms with Gasteiger partial charge in [-0.1, -0.05) is 23.7 Å². The molecule has 0 saturated carbocycles. The molecule has 0 aliphatic carbocycles. The Labute approximate surface area is 177 Å². The van der Waals surface area contributed by atoms with E-state index in [-0.39, 0.29) is 5.69 Å². The molecule has 1 N–H and O–H groups in total. The molecule has 4 rings (SSSR count). The molecule has 2 aromatic carbocycles. The van der Waals surface area contributed by atoms with Crippen LogP contribution in [0.25, 0.3) is 16.8 Å². The molecule has 0 bridgehead atoms. The number of carbonyl (C=O) groups is 1. The van der Waals surface area contributed by atoms with Gasteiger partial charge in [0.15, 0.2) is 11.3 Å². The maximum Gasteiger partial charge on any atom is 0.278 e. The summed E-state index contributed by atoms with van der Waals surface area (Å²) < 4.78 is 12.1. The Kier molecular flexibility index (Phi) is 5.24.